The molecule has 0 aromatic heterocycles. The molecular weight excluding hydrogens is 401 g/mol. The summed E-state index contributed by atoms with van der Waals surface area (Å²) < 4.78 is 50.0. The Balaban J connectivity index is 1.71. The number of halogens is 3. The first-order chi connectivity index (χ1) is 14.1. The molecule has 2 aliphatic carbocycles. The fourth-order valence-electron chi connectivity index (χ4n) is 5.24. The first kappa shape index (κ1) is 23.3. The van der Waals surface area contributed by atoms with Crippen LogP contribution in [0.3, 0.4) is 0 Å². The molecule has 0 radical (unpaired) electrons. The van der Waals surface area contributed by atoms with Gasteiger partial charge in [0.2, 0.25) is 0 Å². The van der Waals surface area contributed by atoms with Crippen molar-refractivity contribution in [2.24, 2.45) is 11.3 Å². The van der Waals surface area contributed by atoms with E-state index in [1.165, 1.54) is 7.11 Å². The topological polar surface area (TPSA) is 59.1 Å². The normalized spacial score (nSPS) is 27.8. The van der Waals surface area contributed by atoms with Crippen LogP contribution in [0.5, 0.6) is 0 Å². The van der Waals surface area contributed by atoms with Gasteiger partial charge in [0.05, 0.1) is 20.1 Å². The zero-order valence-electron chi connectivity index (χ0n) is 18.1. The molecule has 6 nitrogen and oxygen atoms in total. The highest BCUT2D eigenvalue weighted by Crippen LogP contribution is 2.46. The molecule has 30 heavy (non-hydrogen) atoms. The Morgan fingerprint density at radius 1 is 1.13 bits per heavy atom. The van der Waals surface area contributed by atoms with Crippen LogP contribution in [-0.2, 0) is 19.1 Å². The fraction of sp³-hybridized carbons (Fsp3) is 0.905. The van der Waals surface area contributed by atoms with Gasteiger partial charge < -0.3 is 14.4 Å². The lowest BCUT2D eigenvalue weighted by atomic mass is 9.70. The average Bonchev–Trinajstić information content (AvgIpc) is 3.39. The van der Waals surface area contributed by atoms with Crippen molar-refractivity contribution in [3.8, 4) is 0 Å². The molecule has 1 amide bonds. The Morgan fingerprint density at radius 3 is 2.13 bits per heavy atom. The monoisotopic (exact) mass is 434 g/mol. The maximum Gasteiger partial charge on any atom is 0.471 e. The van der Waals surface area contributed by atoms with Crippen LogP contribution in [0.15, 0.2) is 0 Å². The van der Waals surface area contributed by atoms with Gasteiger partial charge >= 0.3 is 18.1 Å². The number of nitrogens with zero attached hydrogens (tertiary/aromatic N) is 2. The van der Waals surface area contributed by atoms with Gasteiger partial charge in [-0.3, -0.25) is 14.5 Å². The van der Waals surface area contributed by atoms with E-state index in [2.05, 4.69) is 4.90 Å². The molecule has 2 saturated carbocycles. The number of piperidine rings is 1. The van der Waals surface area contributed by atoms with E-state index in [1.807, 2.05) is 6.92 Å². The number of carbonyl (C=O) groups excluding carboxylic acids is 2. The molecule has 0 aromatic rings. The summed E-state index contributed by atoms with van der Waals surface area (Å²) in [7, 11) is 2.94. The summed E-state index contributed by atoms with van der Waals surface area (Å²) in [6.45, 7) is 3.60. The quantitative estimate of drug-likeness (QED) is 0.550. The zero-order valence-corrected chi connectivity index (χ0v) is 18.1. The van der Waals surface area contributed by atoms with Crippen molar-refractivity contribution in [1.29, 1.82) is 0 Å². The van der Waals surface area contributed by atoms with Gasteiger partial charge in [0.25, 0.3) is 0 Å². The number of rotatable bonds is 8. The maximum atomic E-state index is 13.2. The van der Waals surface area contributed by atoms with Crippen molar-refractivity contribution in [2.75, 3.05) is 40.5 Å². The smallest absolute Gasteiger partial charge is 0.469 e. The number of amides is 1. The van der Waals surface area contributed by atoms with Crippen LogP contribution in [0.4, 0.5) is 13.2 Å². The van der Waals surface area contributed by atoms with E-state index >= 15 is 0 Å². The second kappa shape index (κ2) is 8.65. The van der Waals surface area contributed by atoms with E-state index in [0.717, 1.165) is 24.2 Å². The van der Waals surface area contributed by atoms with Crippen LogP contribution in [-0.4, -0.2) is 79.9 Å². The van der Waals surface area contributed by atoms with Crippen LogP contribution < -0.4 is 0 Å². The third-order valence-electron chi connectivity index (χ3n) is 7.41. The van der Waals surface area contributed by atoms with Crippen LogP contribution in [0.25, 0.3) is 0 Å². The molecule has 0 aromatic carbocycles. The molecule has 2 atom stereocenters. The highest BCUT2D eigenvalue weighted by Gasteiger charge is 2.53. The van der Waals surface area contributed by atoms with Crippen molar-refractivity contribution in [1.82, 2.24) is 9.80 Å². The van der Waals surface area contributed by atoms with Gasteiger partial charge in [0, 0.05) is 30.7 Å². The number of hydrogen-bond donors (Lipinski definition) is 0. The third-order valence-corrected chi connectivity index (χ3v) is 7.41. The largest absolute Gasteiger partial charge is 0.471 e. The molecule has 0 unspecified atom stereocenters. The Hall–Kier alpha value is -1.35. The fourth-order valence-corrected chi connectivity index (χ4v) is 5.24. The Labute approximate surface area is 176 Å². The standard InChI is InChI=1S/C21H33F3N2O4/c1-15-11-16(15)26(18(28)21(22,23)24)13-19(14-29-2)7-9-25(10-8-19)20(5-4-6-20)12-17(27)30-3/h15-16H,4-14H2,1-3H3/t15-,16-/m1/s1. The number of esters is 1. The third kappa shape index (κ3) is 4.77. The molecule has 9 heteroatoms. The highest BCUT2D eigenvalue weighted by atomic mass is 19.4. The summed E-state index contributed by atoms with van der Waals surface area (Å²) in [5.74, 6) is -1.88. The van der Waals surface area contributed by atoms with Crippen LogP contribution in [0, 0.1) is 11.3 Å². The molecule has 0 N–H and O–H groups in total. The molecule has 3 rings (SSSR count). The lowest BCUT2D eigenvalue weighted by molar-refractivity contribution is -0.189. The predicted octanol–water partition coefficient (Wildman–Crippen LogP) is 3.00. The molecule has 172 valence electrons. The summed E-state index contributed by atoms with van der Waals surface area (Å²) in [4.78, 5) is 27.4. The second-order valence-corrected chi connectivity index (χ2v) is 9.46. The first-order valence-corrected chi connectivity index (χ1v) is 10.7. The number of ether oxygens (including phenoxy) is 2. The summed E-state index contributed by atoms with van der Waals surface area (Å²) in [5.41, 5.74) is -0.705. The molecule has 0 bridgehead atoms. The lowest BCUT2D eigenvalue weighted by Crippen LogP contribution is -2.60. The van der Waals surface area contributed by atoms with Gasteiger partial charge in [0.1, 0.15) is 0 Å². The summed E-state index contributed by atoms with van der Waals surface area (Å²) >= 11 is 0. The van der Waals surface area contributed by atoms with E-state index in [1.54, 1.807) is 7.11 Å². The molecule has 1 heterocycles. The van der Waals surface area contributed by atoms with Crippen molar-refractivity contribution in [2.45, 2.75) is 69.6 Å². The van der Waals surface area contributed by atoms with Gasteiger partial charge in [-0.1, -0.05) is 6.92 Å². The van der Waals surface area contributed by atoms with Gasteiger partial charge in [0.15, 0.2) is 0 Å². The van der Waals surface area contributed by atoms with E-state index in [-0.39, 0.29) is 30.0 Å². The summed E-state index contributed by atoms with van der Waals surface area (Å²) in [6, 6.07) is -0.344. The van der Waals surface area contributed by atoms with Crippen molar-refractivity contribution in [3.05, 3.63) is 0 Å². The zero-order chi connectivity index (χ0) is 22.2. The minimum atomic E-state index is -4.87. The van der Waals surface area contributed by atoms with Crippen molar-refractivity contribution in [3.63, 3.8) is 0 Å². The van der Waals surface area contributed by atoms with E-state index in [0.29, 0.717) is 45.4 Å². The van der Waals surface area contributed by atoms with Crippen molar-refractivity contribution < 1.29 is 32.2 Å². The Kier molecular flexibility index (Phi) is 6.72. The van der Waals surface area contributed by atoms with Crippen molar-refractivity contribution >= 4 is 11.9 Å². The molecular formula is C21H33F3N2O4. The second-order valence-electron chi connectivity index (χ2n) is 9.46. The van der Waals surface area contributed by atoms with E-state index in [9.17, 15) is 22.8 Å². The summed E-state index contributed by atoms with van der Waals surface area (Å²) in [6.07, 6.45) is 0.268. The van der Waals surface area contributed by atoms with Crippen LogP contribution in [0.1, 0.15) is 51.9 Å². The number of methoxy groups -OCH3 is 2. The molecule has 0 spiro atoms. The highest BCUT2D eigenvalue weighted by molar-refractivity contribution is 5.82. The first-order valence-electron chi connectivity index (χ1n) is 10.7. The molecule has 3 aliphatic rings. The van der Waals surface area contributed by atoms with Gasteiger partial charge in [-0.2, -0.15) is 13.2 Å². The SMILES string of the molecule is COCC1(CN(C(=O)C(F)(F)F)[C@@H]2C[C@H]2C)CCN(C2(CC(=O)OC)CCC2)CC1. The minimum absolute atomic E-state index is 0.0615. The van der Waals surface area contributed by atoms with Gasteiger partial charge in [-0.05, 0) is 57.5 Å². The molecule has 1 aliphatic heterocycles. The molecule has 1 saturated heterocycles. The van der Waals surface area contributed by atoms with E-state index < -0.39 is 17.5 Å². The number of alkyl halides is 3. The number of likely N-dealkylation sites (tertiary alicyclic amines) is 1. The van der Waals surface area contributed by atoms with Gasteiger partial charge in [-0.15, -0.1) is 0 Å². The average molecular weight is 434 g/mol. The van der Waals surface area contributed by atoms with E-state index in [4.69, 9.17) is 9.47 Å². The number of hydrogen-bond acceptors (Lipinski definition) is 5. The Bertz CT molecular complexity index is 643. The lowest BCUT2D eigenvalue weighted by Gasteiger charge is -2.54. The Morgan fingerprint density at radius 2 is 1.73 bits per heavy atom. The number of carbonyl (C=O) groups is 2. The minimum Gasteiger partial charge on any atom is -0.469 e. The maximum absolute atomic E-state index is 13.2. The molecule has 3 fully saturated rings. The van der Waals surface area contributed by atoms with Gasteiger partial charge in [-0.25, -0.2) is 0 Å². The van der Waals surface area contributed by atoms with Crippen LogP contribution >= 0.6 is 0 Å². The van der Waals surface area contributed by atoms with Crippen LogP contribution in [0.2, 0.25) is 0 Å². The summed E-state index contributed by atoms with van der Waals surface area (Å²) in [5, 5.41) is 0. The predicted molar refractivity (Wildman–Crippen MR) is 104 cm³/mol.